The second-order valence-corrected chi connectivity index (χ2v) is 8.44. The van der Waals surface area contributed by atoms with Gasteiger partial charge in [-0.3, -0.25) is 14.9 Å². The van der Waals surface area contributed by atoms with Crippen molar-refractivity contribution in [2.24, 2.45) is 0 Å². The fourth-order valence-electron chi connectivity index (χ4n) is 3.69. The Bertz CT molecular complexity index is 1530. The van der Waals surface area contributed by atoms with Crippen molar-refractivity contribution in [3.05, 3.63) is 111 Å². The predicted octanol–water partition coefficient (Wildman–Crippen LogP) is 6.39. The van der Waals surface area contributed by atoms with Crippen LogP contribution in [0.3, 0.4) is 0 Å². The lowest BCUT2D eigenvalue weighted by atomic mass is 10.1. The summed E-state index contributed by atoms with van der Waals surface area (Å²) < 4.78 is 7.67. The first-order valence-corrected chi connectivity index (χ1v) is 11.4. The van der Waals surface area contributed by atoms with E-state index < -0.39 is 10.8 Å². The summed E-state index contributed by atoms with van der Waals surface area (Å²) in [5.41, 5.74) is 3.72. The van der Waals surface area contributed by atoms with Crippen LogP contribution in [-0.4, -0.2) is 20.4 Å². The first-order chi connectivity index (χ1) is 17.7. The van der Waals surface area contributed by atoms with Crippen LogP contribution in [0.2, 0.25) is 5.02 Å². The molecule has 0 aliphatic rings. The molecular formula is C27H20ClN5O4. The van der Waals surface area contributed by atoms with E-state index in [0.29, 0.717) is 16.5 Å². The van der Waals surface area contributed by atoms with E-state index in [2.05, 4.69) is 10.3 Å². The number of amides is 1. The quantitative estimate of drug-likeness (QED) is 0.132. The highest BCUT2D eigenvalue weighted by Crippen LogP contribution is 2.27. The monoisotopic (exact) mass is 513 g/mol. The smallest absolute Gasteiger partial charge is 0.287 e. The third-order valence-corrected chi connectivity index (χ3v) is 5.74. The van der Waals surface area contributed by atoms with Crippen molar-refractivity contribution < 1.29 is 14.5 Å². The molecular weight excluding hydrogens is 494 g/mol. The number of nitro groups is 1. The average molecular weight is 514 g/mol. The van der Waals surface area contributed by atoms with Crippen molar-refractivity contribution in [1.29, 1.82) is 5.26 Å². The van der Waals surface area contributed by atoms with Gasteiger partial charge in [0.1, 0.15) is 23.6 Å². The van der Waals surface area contributed by atoms with Gasteiger partial charge in [0.2, 0.25) is 5.88 Å². The Morgan fingerprint density at radius 2 is 1.84 bits per heavy atom. The highest BCUT2D eigenvalue weighted by atomic mass is 35.5. The lowest BCUT2D eigenvalue weighted by Gasteiger charge is -2.11. The molecule has 4 rings (SSSR count). The molecule has 1 amide bonds. The van der Waals surface area contributed by atoms with Crippen LogP contribution in [0.15, 0.2) is 78.5 Å². The minimum Gasteiger partial charge on any atom is -0.439 e. The number of aryl methyl sites for hydroxylation is 1. The lowest BCUT2D eigenvalue weighted by Crippen LogP contribution is -2.13. The molecule has 184 valence electrons. The number of benzene rings is 2. The van der Waals surface area contributed by atoms with Crippen LogP contribution < -0.4 is 10.1 Å². The molecule has 0 aliphatic heterocycles. The van der Waals surface area contributed by atoms with Crippen molar-refractivity contribution in [3.63, 3.8) is 0 Å². The van der Waals surface area contributed by atoms with E-state index in [4.69, 9.17) is 16.3 Å². The number of nitrogens with zero attached hydrogens (tertiary/aromatic N) is 4. The second kappa shape index (κ2) is 10.8. The number of hydrogen-bond acceptors (Lipinski definition) is 6. The number of carbonyl (C=O) groups excluding carboxylic acids is 1. The molecule has 0 fully saturated rings. The molecule has 2 aromatic heterocycles. The summed E-state index contributed by atoms with van der Waals surface area (Å²) in [6.07, 6.45) is 2.69. The van der Waals surface area contributed by atoms with Crippen LogP contribution in [0.25, 0.3) is 11.8 Å². The van der Waals surface area contributed by atoms with Gasteiger partial charge in [-0.05, 0) is 80.1 Å². The molecule has 0 saturated carbocycles. The largest absolute Gasteiger partial charge is 0.439 e. The maximum absolute atomic E-state index is 12.7. The van der Waals surface area contributed by atoms with Gasteiger partial charge in [0.05, 0.1) is 4.92 Å². The number of nitrogens with one attached hydrogen (secondary N) is 1. The number of pyridine rings is 1. The molecule has 10 heteroatoms. The maximum atomic E-state index is 12.7. The van der Waals surface area contributed by atoms with Crippen LogP contribution in [-0.2, 0) is 4.79 Å². The molecule has 37 heavy (non-hydrogen) atoms. The topological polar surface area (TPSA) is 123 Å². The zero-order valence-corrected chi connectivity index (χ0v) is 20.6. The Kier molecular flexibility index (Phi) is 7.32. The van der Waals surface area contributed by atoms with Crippen LogP contribution in [0, 0.1) is 35.3 Å². The standard InChI is InChI=1S/C27H20ClN5O4/c1-17-13-19(14-20(15-29)27(34)31-22-5-3-21(28)4-6-22)18(2)32(17)23-7-10-25(11-8-23)37-26-12-9-24(16-30-26)33(35)36/h3-14,16H,1-2H3,(H,31,34)/b20-14-. The van der Waals surface area contributed by atoms with E-state index in [-0.39, 0.29) is 17.1 Å². The Labute approximate surface area is 217 Å². The minimum atomic E-state index is -0.525. The third-order valence-electron chi connectivity index (χ3n) is 5.49. The molecule has 0 spiro atoms. The summed E-state index contributed by atoms with van der Waals surface area (Å²) in [5.74, 6) is 0.231. The SMILES string of the molecule is Cc1cc(/C=C(/C#N)C(=O)Nc2ccc(Cl)cc2)c(C)n1-c1ccc(Oc2ccc([N+](=O)[O-])cn2)cc1. The number of halogens is 1. The molecule has 0 unspecified atom stereocenters. The summed E-state index contributed by atoms with van der Waals surface area (Å²) in [4.78, 5) is 26.8. The fourth-order valence-corrected chi connectivity index (χ4v) is 3.82. The van der Waals surface area contributed by atoms with Gasteiger partial charge in [0.15, 0.2) is 0 Å². The summed E-state index contributed by atoms with van der Waals surface area (Å²) in [6, 6.07) is 20.5. The van der Waals surface area contributed by atoms with Gasteiger partial charge in [-0.2, -0.15) is 5.26 Å². The lowest BCUT2D eigenvalue weighted by molar-refractivity contribution is -0.385. The summed E-state index contributed by atoms with van der Waals surface area (Å²) >= 11 is 5.88. The van der Waals surface area contributed by atoms with E-state index in [0.717, 1.165) is 28.8 Å². The van der Waals surface area contributed by atoms with Crippen molar-refractivity contribution >= 4 is 35.0 Å². The zero-order chi connectivity index (χ0) is 26.5. The first kappa shape index (κ1) is 25.2. The maximum Gasteiger partial charge on any atom is 0.287 e. The van der Waals surface area contributed by atoms with Gasteiger partial charge in [0.25, 0.3) is 11.6 Å². The second-order valence-electron chi connectivity index (χ2n) is 8.00. The van der Waals surface area contributed by atoms with E-state index in [1.165, 1.54) is 12.1 Å². The van der Waals surface area contributed by atoms with E-state index in [1.807, 2.05) is 42.7 Å². The number of rotatable bonds is 7. The molecule has 0 atom stereocenters. The van der Waals surface area contributed by atoms with Crippen LogP contribution in [0.4, 0.5) is 11.4 Å². The highest BCUT2D eigenvalue weighted by molar-refractivity contribution is 6.30. The van der Waals surface area contributed by atoms with Crippen LogP contribution in [0.5, 0.6) is 11.6 Å². The molecule has 0 bridgehead atoms. The van der Waals surface area contributed by atoms with Crippen molar-refractivity contribution in [3.8, 4) is 23.4 Å². The molecule has 0 aliphatic carbocycles. The van der Waals surface area contributed by atoms with Crippen LogP contribution >= 0.6 is 11.6 Å². The van der Waals surface area contributed by atoms with Gasteiger partial charge >= 0.3 is 0 Å². The number of hydrogen-bond donors (Lipinski definition) is 1. The Morgan fingerprint density at radius 3 is 2.43 bits per heavy atom. The van der Waals surface area contributed by atoms with Crippen molar-refractivity contribution in [1.82, 2.24) is 9.55 Å². The Hall–Kier alpha value is -4.94. The number of anilines is 1. The number of aromatic nitrogens is 2. The average Bonchev–Trinajstić information content (AvgIpc) is 3.17. The molecule has 2 aromatic carbocycles. The molecule has 0 radical (unpaired) electrons. The van der Waals surface area contributed by atoms with Gasteiger partial charge < -0.3 is 14.6 Å². The molecule has 2 heterocycles. The van der Waals surface area contributed by atoms with Gasteiger partial charge in [0, 0.05) is 39.9 Å². The Morgan fingerprint density at radius 1 is 1.14 bits per heavy atom. The number of nitriles is 1. The molecule has 0 saturated heterocycles. The van der Waals surface area contributed by atoms with Gasteiger partial charge in [-0.1, -0.05) is 11.6 Å². The minimum absolute atomic E-state index is 0.0328. The summed E-state index contributed by atoms with van der Waals surface area (Å²) in [6.45, 7) is 3.82. The number of carbonyl (C=O) groups is 1. The zero-order valence-electron chi connectivity index (χ0n) is 19.8. The molecule has 4 aromatic rings. The number of ether oxygens (including phenoxy) is 1. The fraction of sp³-hybridized carbons (Fsp3) is 0.0741. The summed E-state index contributed by atoms with van der Waals surface area (Å²) in [7, 11) is 0. The molecule has 1 N–H and O–H groups in total. The van der Waals surface area contributed by atoms with Crippen molar-refractivity contribution in [2.45, 2.75) is 13.8 Å². The summed E-state index contributed by atoms with van der Waals surface area (Å²) in [5, 5.41) is 23.6. The molecule has 9 nitrogen and oxygen atoms in total. The predicted molar refractivity (Wildman–Crippen MR) is 140 cm³/mol. The van der Waals surface area contributed by atoms with E-state index >= 15 is 0 Å². The van der Waals surface area contributed by atoms with E-state index in [9.17, 15) is 20.2 Å². The van der Waals surface area contributed by atoms with Gasteiger partial charge in [-0.15, -0.1) is 0 Å². The van der Waals surface area contributed by atoms with Gasteiger partial charge in [-0.25, -0.2) is 4.98 Å². The first-order valence-electron chi connectivity index (χ1n) is 11.0. The van der Waals surface area contributed by atoms with Crippen molar-refractivity contribution in [2.75, 3.05) is 5.32 Å². The normalized spacial score (nSPS) is 11.0. The third kappa shape index (κ3) is 5.83. The van der Waals surface area contributed by atoms with Crippen LogP contribution in [0.1, 0.15) is 17.0 Å². The Balaban J connectivity index is 1.53. The highest BCUT2D eigenvalue weighted by Gasteiger charge is 2.14. The van der Waals surface area contributed by atoms with E-state index in [1.54, 1.807) is 42.5 Å².